The standard InChI is InChI=1S/C34H39N7O4S2.ClH/c1-21(2)29-33-39-26(19-47-33)30(43)36-15-6-16-41(34(45)24-11-9-22(10-12-24)13-14-35)18-28(42)37-25(17-23-7-4-3-5-8-23)32-38-27(20-46-32)31(44)40-29;/h3-5,7-12,19-21,25,29H,6,13-18,35H2,1-2H3,(H,36,43)(H,37,42)(H,40,44);1H/t25-,29-;/m0./s1. The molecule has 3 heterocycles. The maximum absolute atomic E-state index is 13.7. The third kappa shape index (κ3) is 9.47. The fourth-order valence-corrected chi connectivity index (χ4v) is 7.13. The number of carbonyl (C=O) groups is 4. The largest absolute Gasteiger partial charge is 0.351 e. The first kappa shape index (κ1) is 36.7. The minimum atomic E-state index is -0.535. The minimum Gasteiger partial charge on any atom is -0.351 e. The van der Waals surface area contributed by atoms with E-state index in [1.807, 2.05) is 56.3 Å². The van der Waals surface area contributed by atoms with E-state index in [1.54, 1.807) is 22.9 Å². The minimum absolute atomic E-state index is 0. The van der Waals surface area contributed by atoms with Gasteiger partial charge in [0.15, 0.2) is 0 Å². The fourth-order valence-electron chi connectivity index (χ4n) is 5.26. The highest BCUT2D eigenvalue weighted by molar-refractivity contribution is 7.10. The number of nitrogens with one attached hydrogen (secondary N) is 3. The third-order valence-corrected chi connectivity index (χ3v) is 9.68. The zero-order valence-electron chi connectivity index (χ0n) is 26.8. The van der Waals surface area contributed by atoms with Crippen molar-refractivity contribution in [2.24, 2.45) is 11.7 Å². The molecular weight excluding hydrogens is 670 g/mol. The summed E-state index contributed by atoms with van der Waals surface area (Å²) in [6, 6.07) is 16.0. The van der Waals surface area contributed by atoms with Crippen LogP contribution in [0.2, 0.25) is 0 Å². The Bertz CT molecular complexity index is 1690. The van der Waals surface area contributed by atoms with Gasteiger partial charge in [-0.3, -0.25) is 19.2 Å². The van der Waals surface area contributed by atoms with E-state index in [-0.39, 0.29) is 73.0 Å². The molecule has 11 nitrogen and oxygen atoms in total. The number of amides is 4. The van der Waals surface area contributed by atoms with Crippen LogP contribution in [0.25, 0.3) is 0 Å². The highest BCUT2D eigenvalue weighted by atomic mass is 35.5. The molecule has 5 N–H and O–H groups in total. The topological polar surface area (TPSA) is 159 Å². The van der Waals surface area contributed by atoms with Gasteiger partial charge in [-0.05, 0) is 55.0 Å². The molecular formula is C34H40ClN7O4S2. The van der Waals surface area contributed by atoms with Crippen molar-refractivity contribution in [3.05, 3.63) is 103 Å². The Morgan fingerprint density at radius 2 is 1.58 bits per heavy atom. The zero-order chi connectivity index (χ0) is 33.3. The van der Waals surface area contributed by atoms with Gasteiger partial charge in [0.05, 0.1) is 18.6 Å². The number of hydrogen-bond acceptors (Lipinski definition) is 9. The molecule has 0 saturated heterocycles. The van der Waals surface area contributed by atoms with Crippen molar-refractivity contribution in [2.45, 2.75) is 45.2 Å². The summed E-state index contributed by atoms with van der Waals surface area (Å²) < 4.78 is 0. The summed E-state index contributed by atoms with van der Waals surface area (Å²) >= 11 is 2.60. The van der Waals surface area contributed by atoms with Gasteiger partial charge in [0.2, 0.25) is 5.91 Å². The molecule has 4 bridgehead atoms. The molecule has 4 aromatic rings. The van der Waals surface area contributed by atoms with Gasteiger partial charge in [-0.2, -0.15) is 0 Å². The van der Waals surface area contributed by atoms with Crippen molar-refractivity contribution >= 4 is 58.7 Å². The number of hydrogen-bond donors (Lipinski definition) is 4. The van der Waals surface area contributed by atoms with E-state index in [2.05, 4.69) is 25.9 Å². The Morgan fingerprint density at radius 3 is 2.27 bits per heavy atom. The van der Waals surface area contributed by atoms with E-state index in [4.69, 9.17) is 5.73 Å². The number of nitrogens with two attached hydrogens (primary N) is 1. The van der Waals surface area contributed by atoms with Crippen molar-refractivity contribution in [3.8, 4) is 0 Å². The predicted octanol–water partition coefficient (Wildman–Crippen LogP) is 4.33. The quantitative estimate of drug-likeness (QED) is 0.232. The molecule has 4 amide bonds. The lowest BCUT2D eigenvalue weighted by molar-refractivity contribution is -0.122. The van der Waals surface area contributed by atoms with Crippen molar-refractivity contribution in [2.75, 3.05) is 26.2 Å². The van der Waals surface area contributed by atoms with Crippen molar-refractivity contribution in [1.82, 2.24) is 30.8 Å². The van der Waals surface area contributed by atoms with Crippen molar-refractivity contribution < 1.29 is 19.2 Å². The molecule has 2 aromatic heterocycles. The summed E-state index contributed by atoms with van der Waals surface area (Å²) in [5.74, 6) is -1.38. The Balaban J connectivity index is 0.00000520. The maximum atomic E-state index is 13.7. The van der Waals surface area contributed by atoms with E-state index in [9.17, 15) is 19.2 Å². The molecule has 0 saturated carbocycles. The van der Waals surface area contributed by atoms with Crippen molar-refractivity contribution in [3.63, 3.8) is 0 Å². The van der Waals surface area contributed by atoms with Crippen molar-refractivity contribution in [1.29, 1.82) is 0 Å². The van der Waals surface area contributed by atoms with E-state index in [1.165, 1.54) is 27.6 Å². The average Bonchev–Trinajstić information content (AvgIpc) is 3.76. The molecule has 1 aliphatic rings. The first-order chi connectivity index (χ1) is 22.7. The summed E-state index contributed by atoms with van der Waals surface area (Å²) in [7, 11) is 0. The second kappa shape index (κ2) is 17.3. The normalized spacial score (nSPS) is 17.7. The van der Waals surface area contributed by atoms with Crippen LogP contribution in [0, 0.1) is 5.92 Å². The summed E-state index contributed by atoms with van der Waals surface area (Å²) in [6.07, 6.45) is 1.56. The Kier molecular flexibility index (Phi) is 13.2. The number of aromatic nitrogens is 2. The second-order valence-electron chi connectivity index (χ2n) is 11.7. The van der Waals surface area contributed by atoms with Crippen LogP contribution in [-0.4, -0.2) is 64.7 Å². The summed E-state index contributed by atoms with van der Waals surface area (Å²) in [4.78, 5) is 64.4. The number of nitrogens with zero attached hydrogens (tertiary/aromatic N) is 3. The Labute approximate surface area is 294 Å². The molecule has 2 atom stereocenters. The third-order valence-electron chi connectivity index (χ3n) is 7.79. The van der Waals surface area contributed by atoms with E-state index in [0.29, 0.717) is 41.4 Å². The molecule has 0 radical (unpaired) electrons. The Hall–Kier alpha value is -4.17. The van der Waals surface area contributed by atoms with Gasteiger partial charge in [0, 0.05) is 29.4 Å². The molecule has 254 valence electrons. The molecule has 1 aliphatic heterocycles. The highest BCUT2D eigenvalue weighted by Gasteiger charge is 2.27. The van der Waals surface area contributed by atoms with Crippen LogP contribution in [0.1, 0.15) is 84.8 Å². The lowest BCUT2D eigenvalue weighted by Crippen LogP contribution is -2.43. The predicted molar refractivity (Wildman–Crippen MR) is 190 cm³/mol. The summed E-state index contributed by atoms with van der Waals surface area (Å²) in [5.41, 5.74) is 8.62. The Morgan fingerprint density at radius 1 is 0.917 bits per heavy atom. The highest BCUT2D eigenvalue weighted by Crippen LogP contribution is 2.27. The van der Waals surface area contributed by atoms with Crippen LogP contribution in [0.3, 0.4) is 0 Å². The van der Waals surface area contributed by atoms with E-state index >= 15 is 0 Å². The SMILES string of the molecule is CC(C)[C@@H]1NC(=O)c2csc(n2)[C@H](Cc2ccccc2)NC(=O)CN(C(=O)c2ccc(CCN)cc2)CCCNC(=O)c2csc1n2.Cl. The van der Waals surface area contributed by atoms with Crippen LogP contribution in [0.4, 0.5) is 0 Å². The molecule has 0 aliphatic carbocycles. The van der Waals surface area contributed by atoms with E-state index in [0.717, 1.165) is 11.1 Å². The van der Waals surface area contributed by atoms with Gasteiger partial charge in [0.1, 0.15) is 21.4 Å². The van der Waals surface area contributed by atoms with Crippen LogP contribution in [0.5, 0.6) is 0 Å². The molecule has 14 heteroatoms. The molecule has 5 rings (SSSR count). The van der Waals surface area contributed by atoms with Crippen LogP contribution in [-0.2, 0) is 17.6 Å². The monoisotopic (exact) mass is 709 g/mol. The molecule has 0 spiro atoms. The number of rotatable bonds is 6. The maximum Gasteiger partial charge on any atom is 0.271 e. The fraction of sp³-hybridized carbons (Fsp3) is 0.353. The smallest absolute Gasteiger partial charge is 0.271 e. The van der Waals surface area contributed by atoms with Gasteiger partial charge in [-0.15, -0.1) is 35.1 Å². The van der Waals surface area contributed by atoms with Gasteiger partial charge in [-0.1, -0.05) is 56.3 Å². The number of carbonyl (C=O) groups excluding carboxylic acids is 4. The van der Waals surface area contributed by atoms with Gasteiger partial charge < -0.3 is 26.6 Å². The molecule has 2 aromatic carbocycles. The first-order valence-electron chi connectivity index (χ1n) is 15.6. The van der Waals surface area contributed by atoms with Crippen LogP contribution in [0.15, 0.2) is 65.4 Å². The lowest BCUT2D eigenvalue weighted by atomic mass is 10.0. The van der Waals surface area contributed by atoms with E-state index < -0.39 is 12.1 Å². The second-order valence-corrected chi connectivity index (χ2v) is 13.5. The number of thiazole rings is 2. The number of fused-ring (bicyclic) bond motifs is 4. The van der Waals surface area contributed by atoms with Crippen LogP contribution < -0.4 is 21.7 Å². The van der Waals surface area contributed by atoms with Gasteiger partial charge in [-0.25, -0.2) is 9.97 Å². The average molecular weight is 710 g/mol. The molecule has 48 heavy (non-hydrogen) atoms. The van der Waals surface area contributed by atoms with Crippen LogP contribution >= 0.6 is 35.1 Å². The van der Waals surface area contributed by atoms with Gasteiger partial charge >= 0.3 is 0 Å². The first-order valence-corrected chi connectivity index (χ1v) is 17.4. The number of benzene rings is 2. The zero-order valence-corrected chi connectivity index (χ0v) is 29.3. The lowest BCUT2D eigenvalue weighted by Gasteiger charge is -2.24. The number of halogens is 1. The summed E-state index contributed by atoms with van der Waals surface area (Å²) in [6.45, 7) is 4.75. The van der Waals surface area contributed by atoms with Gasteiger partial charge in [0.25, 0.3) is 17.7 Å². The summed E-state index contributed by atoms with van der Waals surface area (Å²) in [5, 5.41) is 13.5. The molecule has 0 unspecified atom stereocenters. The molecule has 0 fully saturated rings.